The molecular formula is C14H11BrN4OS. The highest BCUT2D eigenvalue weighted by Crippen LogP contribution is 2.43. The lowest BCUT2D eigenvalue weighted by Gasteiger charge is -1.97. The number of nitrogen functional groups attached to an aromatic ring is 1. The molecule has 0 saturated carbocycles. The summed E-state index contributed by atoms with van der Waals surface area (Å²) in [6, 6.07) is 3.74. The van der Waals surface area contributed by atoms with Gasteiger partial charge in [0.2, 0.25) is 5.82 Å². The van der Waals surface area contributed by atoms with Gasteiger partial charge in [-0.2, -0.15) is 4.98 Å². The first-order valence-corrected chi connectivity index (χ1v) is 8.20. The highest BCUT2D eigenvalue weighted by molar-refractivity contribution is 9.10. The average molecular weight is 363 g/mol. The predicted molar refractivity (Wildman–Crippen MR) is 85.0 cm³/mol. The summed E-state index contributed by atoms with van der Waals surface area (Å²) in [7, 11) is 0. The number of anilines is 1. The van der Waals surface area contributed by atoms with Crippen LogP contribution in [0.2, 0.25) is 0 Å². The lowest BCUT2D eigenvalue weighted by Crippen LogP contribution is -1.89. The molecule has 5 nitrogen and oxygen atoms in total. The third-order valence-electron chi connectivity index (χ3n) is 3.56. The number of pyridine rings is 1. The Bertz CT molecular complexity index is 826. The van der Waals surface area contributed by atoms with Gasteiger partial charge in [-0.15, -0.1) is 11.3 Å². The summed E-state index contributed by atoms with van der Waals surface area (Å²) < 4.78 is 6.26. The fraction of sp³-hybridized carbons (Fsp3) is 0.214. The van der Waals surface area contributed by atoms with Gasteiger partial charge >= 0.3 is 0 Å². The molecule has 0 atom stereocenters. The van der Waals surface area contributed by atoms with E-state index in [0.717, 1.165) is 27.9 Å². The summed E-state index contributed by atoms with van der Waals surface area (Å²) >= 11 is 5.08. The van der Waals surface area contributed by atoms with Crippen LogP contribution in [0.5, 0.6) is 0 Å². The molecule has 2 N–H and O–H groups in total. The molecule has 0 bridgehead atoms. The Morgan fingerprint density at radius 2 is 2.24 bits per heavy atom. The van der Waals surface area contributed by atoms with Crippen LogP contribution in [0.25, 0.3) is 23.0 Å². The van der Waals surface area contributed by atoms with Gasteiger partial charge in [-0.25, -0.2) is 0 Å². The minimum atomic E-state index is 0.467. The van der Waals surface area contributed by atoms with Crippen LogP contribution in [0.1, 0.15) is 16.9 Å². The lowest BCUT2D eigenvalue weighted by molar-refractivity contribution is 0.432. The molecule has 0 radical (unpaired) electrons. The fourth-order valence-corrected chi connectivity index (χ4v) is 4.22. The van der Waals surface area contributed by atoms with Crippen LogP contribution in [0.4, 0.5) is 5.00 Å². The van der Waals surface area contributed by atoms with Gasteiger partial charge in [0.15, 0.2) is 0 Å². The van der Waals surface area contributed by atoms with E-state index in [1.54, 1.807) is 17.5 Å². The van der Waals surface area contributed by atoms with E-state index < -0.39 is 0 Å². The second kappa shape index (κ2) is 4.92. The Labute approximate surface area is 133 Å². The standard InChI is InChI=1S/C14H11BrN4OS/c15-8-4-2-6-17-11(8)13-18-14(20-19-13)10-7-3-1-5-9(7)21-12(10)16/h2,4,6H,1,3,5,16H2. The normalized spacial score (nSPS) is 13.6. The van der Waals surface area contributed by atoms with E-state index in [0.29, 0.717) is 17.4 Å². The second-order valence-electron chi connectivity index (χ2n) is 4.85. The van der Waals surface area contributed by atoms with Crippen molar-refractivity contribution in [1.29, 1.82) is 0 Å². The number of aromatic nitrogens is 3. The molecule has 0 amide bonds. The summed E-state index contributed by atoms with van der Waals surface area (Å²) in [5.41, 5.74) is 8.98. The summed E-state index contributed by atoms with van der Waals surface area (Å²) in [6.45, 7) is 0. The average Bonchev–Trinajstić information content (AvgIpc) is 3.15. The van der Waals surface area contributed by atoms with Crippen LogP contribution >= 0.6 is 27.3 Å². The summed E-state index contributed by atoms with van der Waals surface area (Å²) in [4.78, 5) is 10.1. The number of hydrogen-bond donors (Lipinski definition) is 1. The predicted octanol–water partition coefficient (Wildman–Crippen LogP) is 3.69. The van der Waals surface area contributed by atoms with E-state index >= 15 is 0 Å². The van der Waals surface area contributed by atoms with Crippen molar-refractivity contribution in [2.75, 3.05) is 5.73 Å². The minimum absolute atomic E-state index is 0.467. The molecule has 7 heteroatoms. The van der Waals surface area contributed by atoms with E-state index in [9.17, 15) is 0 Å². The maximum atomic E-state index is 6.13. The van der Waals surface area contributed by atoms with Crippen LogP contribution < -0.4 is 5.73 Å². The first-order chi connectivity index (χ1) is 10.2. The molecule has 1 aliphatic rings. The molecule has 0 saturated heterocycles. The van der Waals surface area contributed by atoms with Crippen LogP contribution in [-0.4, -0.2) is 15.1 Å². The zero-order valence-electron chi connectivity index (χ0n) is 11.0. The Hall–Kier alpha value is -1.73. The quantitative estimate of drug-likeness (QED) is 0.751. The highest BCUT2D eigenvalue weighted by atomic mass is 79.9. The van der Waals surface area contributed by atoms with Crippen molar-refractivity contribution in [3.8, 4) is 23.0 Å². The molecule has 0 unspecified atom stereocenters. The molecule has 0 aromatic carbocycles. The van der Waals surface area contributed by atoms with Gasteiger partial charge in [0, 0.05) is 15.5 Å². The number of hydrogen-bond acceptors (Lipinski definition) is 6. The van der Waals surface area contributed by atoms with Crippen LogP contribution in [0, 0.1) is 0 Å². The molecule has 0 spiro atoms. The maximum Gasteiger partial charge on any atom is 0.261 e. The maximum absolute atomic E-state index is 6.13. The van der Waals surface area contributed by atoms with Gasteiger partial charge in [-0.1, -0.05) is 5.16 Å². The van der Waals surface area contributed by atoms with Crippen molar-refractivity contribution in [2.24, 2.45) is 0 Å². The Morgan fingerprint density at radius 1 is 1.33 bits per heavy atom. The van der Waals surface area contributed by atoms with Crippen molar-refractivity contribution in [3.05, 3.63) is 33.2 Å². The first kappa shape index (κ1) is 13.0. The monoisotopic (exact) mass is 362 g/mol. The number of halogens is 1. The smallest absolute Gasteiger partial charge is 0.261 e. The van der Waals surface area contributed by atoms with Gasteiger partial charge in [-0.05, 0) is 52.9 Å². The molecule has 0 aliphatic heterocycles. The first-order valence-electron chi connectivity index (χ1n) is 6.59. The molecule has 0 fully saturated rings. The molecular weight excluding hydrogens is 352 g/mol. The highest BCUT2D eigenvalue weighted by Gasteiger charge is 2.26. The van der Waals surface area contributed by atoms with Crippen LogP contribution in [-0.2, 0) is 12.8 Å². The molecule has 3 heterocycles. The van der Waals surface area contributed by atoms with Crippen molar-refractivity contribution in [3.63, 3.8) is 0 Å². The van der Waals surface area contributed by atoms with Crippen molar-refractivity contribution in [1.82, 2.24) is 15.1 Å². The van der Waals surface area contributed by atoms with Gasteiger partial charge < -0.3 is 10.3 Å². The van der Waals surface area contributed by atoms with E-state index in [4.69, 9.17) is 10.3 Å². The van der Waals surface area contributed by atoms with Gasteiger partial charge in [-0.3, -0.25) is 4.98 Å². The van der Waals surface area contributed by atoms with Crippen LogP contribution in [0.15, 0.2) is 27.3 Å². The number of rotatable bonds is 2. The van der Waals surface area contributed by atoms with E-state index in [1.807, 2.05) is 12.1 Å². The third-order valence-corrected chi connectivity index (χ3v) is 5.32. The van der Waals surface area contributed by atoms with Crippen molar-refractivity contribution in [2.45, 2.75) is 19.3 Å². The van der Waals surface area contributed by atoms with Gasteiger partial charge in [0.05, 0.1) is 10.6 Å². The molecule has 4 rings (SSSR count). The molecule has 3 aromatic rings. The zero-order chi connectivity index (χ0) is 14.4. The SMILES string of the molecule is Nc1sc2c(c1-c1nc(-c3ncccc3Br)no1)CCC2. The van der Waals surface area contributed by atoms with E-state index in [2.05, 4.69) is 31.1 Å². The molecule has 3 aromatic heterocycles. The minimum Gasteiger partial charge on any atom is -0.390 e. The topological polar surface area (TPSA) is 77.8 Å². The van der Waals surface area contributed by atoms with Gasteiger partial charge in [0.25, 0.3) is 5.89 Å². The number of thiophene rings is 1. The number of aryl methyl sites for hydroxylation is 1. The molecule has 1 aliphatic carbocycles. The third kappa shape index (κ3) is 2.08. The van der Waals surface area contributed by atoms with E-state index in [-0.39, 0.29) is 0 Å². The fourth-order valence-electron chi connectivity index (χ4n) is 2.63. The number of nitrogens with two attached hydrogens (primary N) is 1. The Morgan fingerprint density at radius 3 is 3.10 bits per heavy atom. The lowest BCUT2D eigenvalue weighted by atomic mass is 10.1. The van der Waals surface area contributed by atoms with E-state index in [1.165, 1.54) is 16.9 Å². The molecule has 106 valence electrons. The van der Waals surface area contributed by atoms with Crippen molar-refractivity contribution >= 4 is 32.3 Å². The Balaban J connectivity index is 1.81. The zero-order valence-corrected chi connectivity index (χ0v) is 13.4. The summed E-state index contributed by atoms with van der Waals surface area (Å²) in [6.07, 6.45) is 4.99. The molecule has 21 heavy (non-hydrogen) atoms. The second-order valence-corrected chi connectivity index (χ2v) is 6.84. The largest absolute Gasteiger partial charge is 0.390 e. The summed E-state index contributed by atoms with van der Waals surface area (Å²) in [5.74, 6) is 0.953. The van der Waals surface area contributed by atoms with Crippen molar-refractivity contribution < 1.29 is 4.52 Å². The Kier molecular flexibility index (Phi) is 3.04. The number of fused-ring (bicyclic) bond motifs is 1. The number of nitrogens with zero attached hydrogens (tertiary/aromatic N) is 3. The van der Waals surface area contributed by atoms with Gasteiger partial charge in [0.1, 0.15) is 5.69 Å². The van der Waals surface area contributed by atoms with Crippen LogP contribution in [0.3, 0.4) is 0 Å². The summed E-state index contributed by atoms with van der Waals surface area (Å²) in [5, 5.41) is 4.80.